The van der Waals surface area contributed by atoms with E-state index in [0.717, 1.165) is 68.1 Å². The minimum Gasteiger partial charge on any atom is -0.474 e. The maximum Gasteiger partial charge on any atom is 0.226 e. The highest BCUT2D eigenvalue weighted by molar-refractivity contribution is 5.79. The van der Waals surface area contributed by atoms with Crippen molar-refractivity contribution in [2.24, 2.45) is 5.92 Å². The third kappa shape index (κ3) is 3.59. The van der Waals surface area contributed by atoms with Gasteiger partial charge in [0.2, 0.25) is 11.8 Å². The number of hydrogen-bond acceptors (Lipinski definition) is 4. The molecule has 3 heterocycles. The van der Waals surface area contributed by atoms with E-state index in [1.807, 2.05) is 36.9 Å². The lowest BCUT2D eigenvalue weighted by atomic mass is 9.88. The van der Waals surface area contributed by atoms with Gasteiger partial charge < -0.3 is 14.6 Å². The molecule has 1 aliphatic carbocycles. The number of carbonyl (C=O) groups excluding carboxylic acids is 1. The summed E-state index contributed by atoms with van der Waals surface area (Å²) in [7, 11) is 0. The van der Waals surface area contributed by atoms with Gasteiger partial charge in [-0.3, -0.25) is 4.79 Å². The smallest absolute Gasteiger partial charge is 0.226 e. The van der Waals surface area contributed by atoms with Crippen LogP contribution >= 0.6 is 0 Å². The number of H-pyrrole nitrogens is 1. The summed E-state index contributed by atoms with van der Waals surface area (Å²) in [6, 6.07) is 5.83. The average molecular weight is 354 g/mol. The highest BCUT2D eigenvalue weighted by Gasteiger charge is 2.32. The molecule has 1 atom stereocenters. The number of amides is 1. The molecule has 1 N–H and O–H groups in total. The molecule has 6 heteroatoms. The molecular weight excluding hydrogens is 328 g/mol. The Bertz CT molecular complexity index is 793. The Hall–Kier alpha value is -2.37. The van der Waals surface area contributed by atoms with Gasteiger partial charge in [0.05, 0.1) is 5.69 Å². The summed E-state index contributed by atoms with van der Waals surface area (Å²) >= 11 is 0. The van der Waals surface area contributed by atoms with Crippen LogP contribution in [-0.4, -0.2) is 45.0 Å². The van der Waals surface area contributed by atoms with E-state index in [1.165, 1.54) is 0 Å². The van der Waals surface area contributed by atoms with Gasteiger partial charge in [-0.1, -0.05) is 6.07 Å². The molecule has 0 spiro atoms. The third-order valence-electron chi connectivity index (χ3n) is 5.42. The fourth-order valence-electron chi connectivity index (χ4n) is 4.04. The standard InChI is InChI=1S/C20H26N4O2/c1-13-4-3-5-19(21-13)26-16-8-10-24(11-9-16)20(25)15-6-7-17-18(12-15)23-14(2)22-17/h3-5,15-16H,6-12H2,1-2H3,(H,22,23)/t15-/m0/s1. The first-order chi connectivity index (χ1) is 12.6. The molecule has 0 unspecified atom stereocenters. The van der Waals surface area contributed by atoms with Gasteiger partial charge in [-0.05, 0) is 32.8 Å². The number of hydrogen-bond donors (Lipinski definition) is 1. The SMILES string of the molecule is Cc1cccc(OC2CCN(C(=O)[C@H]3CCc4nc(C)[nH]c4C3)CC2)n1. The third-order valence-corrected chi connectivity index (χ3v) is 5.42. The van der Waals surface area contributed by atoms with Crippen molar-refractivity contribution in [2.45, 2.75) is 52.1 Å². The summed E-state index contributed by atoms with van der Waals surface area (Å²) in [5.74, 6) is 2.00. The Morgan fingerprint density at radius 3 is 2.77 bits per heavy atom. The van der Waals surface area contributed by atoms with Crippen LogP contribution in [0.1, 0.15) is 42.2 Å². The van der Waals surface area contributed by atoms with Crippen LogP contribution in [0.4, 0.5) is 0 Å². The maximum atomic E-state index is 12.9. The van der Waals surface area contributed by atoms with Gasteiger partial charge in [0.25, 0.3) is 0 Å². The van der Waals surface area contributed by atoms with E-state index in [4.69, 9.17) is 4.74 Å². The second kappa shape index (κ2) is 7.09. The number of rotatable bonds is 3. The molecule has 0 bridgehead atoms. The molecule has 26 heavy (non-hydrogen) atoms. The Balaban J connectivity index is 1.31. The zero-order valence-electron chi connectivity index (χ0n) is 15.5. The number of pyridine rings is 1. The lowest BCUT2D eigenvalue weighted by Gasteiger charge is -2.35. The van der Waals surface area contributed by atoms with Crippen molar-refractivity contribution in [3.8, 4) is 5.88 Å². The van der Waals surface area contributed by atoms with E-state index in [9.17, 15) is 4.79 Å². The fraction of sp³-hybridized carbons (Fsp3) is 0.550. The van der Waals surface area contributed by atoms with Crippen molar-refractivity contribution in [3.63, 3.8) is 0 Å². The molecule has 1 aliphatic heterocycles. The Morgan fingerprint density at radius 2 is 2.00 bits per heavy atom. The van der Waals surface area contributed by atoms with Gasteiger partial charge >= 0.3 is 0 Å². The maximum absolute atomic E-state index is 12.9. The number of ether oxygens (including phenoxy) is 1. The highest BCUT2D eigenvalue weighted by Crippen LogP contribution is 2.27. The van der Waals surface area contributed by atoms with Gasteiger partial charge in [-0.25, -0.2) is 9.97 Å². The van der Waals surface area contributed by atoms with Crippen LogP contribution in [0.2, 0.25) is 0 Å². The second-order valence-corrected chi connectivity index (χ2v) is 7.45. The molecular formula is C20H26N4O2. The summed E-state index contributed by atoms with van der Waals surface area (Å²) in [5.41, 5.74) is 3.25. The second-order valence-electron chi connectivity index (χ2n) is 7.45. The first kappa shape index (κ1) is 17.1. The Morgan fingerprint density at radius 1 is 1.19 bits per heavy atom. The van der Waals surface area contributed by atoms with Crippen LogP contribution in [0.15, 0.2) is 18.2 Å². The van der Waals surface area contributed by atoms with E-state index in [0.29, 0.717) is 5.88 Å². The molecule has 0 radical (unpaired) electrons. The van der Waals surface area contributed by atoms with Crippen molar-refractivity contribution in [3.05, 3.63) is 41.1 Å². The molecule has 1 amide bonds. The van der Waals surface area contributed by atoms with Crippen molar-refractivity contribution in [1.82, 2.24) is 19.9 Å². The van der Waals surface area contributed by atoms with Crippen molar-refractivity contribution >= 4 is 5.91 Å². The number of fused-ring (bicyclic) bond motifs is 1. The first-order valence-corrected chi connectivity index (χ1v) is 9.52. The summed E-state index contributed by atoms with van der Waals surface area (Å²) in [4.78, 5) is 27.2. The molecule has 2 aliphatic rings. The molecule has 138 valence electrons. The summed E-state index contributed by atoms with van der Waals surface area (Å²) in [6.07, 6.45) is 4.46. The number of nitrogens with zero attached hydrogens (tertiary/aromatic N) is 3. The average Bonchev–Trinajstić information content (AvgIpc) is 3.01. The van der Waals surface area contributed by atoms with Gasteiger partial charge in [0.15, 0.2) is 0 Å². The summed E-state index contributed by atoms with van der Waals surface area (Å²) in [6.45, 7) is 5.47. The number of likely N-dealkylation sites (tertiary alicyclic amines) is 1. The number of carbonyl (C=O) groups is 1. The van der Waals surface area contributed by atoms with Gasteiger partial charge in [0, 0.05) is 55.7 Å². The number of aryl methyl sites for hydroxylation is 3. The number of aromatic nitrogens is 3. The largest absolute Gasteiger partial charge is 0.474 e. The lowest BCUT2D eigenvalue weighted by molar-refractivity contribution is -0.137. The van der Waals surface area contributed by atoms with Crippen LogP contribution in [0, 0.1) is 19.8 Å². The lowest BCUT2D eigenvalue weighted by Crippen LogP contribution is -2.45. The monoisotopic (exact) mass is 354 g/mol. The Kier molecular flexibility index (Phi) is 4.66. The Labute approximate surface area is 154 Å². The van der Waals surface area contributed by atoms with Gasteiger partial charge in [0.1, 0.15) is 11.9 Å². The highest BCUT2D eigenvalue weighted by atomic mass is 16.5. The predicted molar refractivity (Wildman–Crippen MR) is 98.0 cm³/mol. The van der Waals surface area contributed by atoms with Crippen molar-refractivity contribution < 1.29 is 9.53 Å². The molecule has 2 aromatic rings. The first-order valence-electron chi connectivity index (χ1n) is 9.52. The predicted octanol–water partition coefficient (Wildman–Crippen LogP) is 2.60. The molecule has 1 fully saturated rings. The van der Waals surface area contributed by atoms with Crippen LogP contribution < -0.4 is 4.74 Å². The summed E-state index contributed by atoms with van der Waals surface area (Å²) in [5, 5.41) is 0. The molecule has 0 saturated carbocycles. The molecule has 2 aromatic heterocycles. The van der Waals surface area contributed by atoms with E-state index in [2.05, 4.69) is 15.0 Å². The van der Waals surface area contributed by atoms with Gasteiger partial charge in [-0.15, -0.1) is 0 Å². The minimum atomic E-state index is 0.0817. The van der Waals surface area contributed by atoms with E-state index < -0.39 is 0 Å². The van der Waals surface area contributed by atoms with Crippen LogP contribution in [-0.2, 0) is 17.6 Å². The summed E-state index contributed by atoms with van der Waals surface area (Å²) < 4.78 is 6.00. The van der Waals surface area contributed by atoms with Crippen LogP contribution in [0.25, 0.3) is 0 Å². The normalized spacial score (nSPS) is 20.7. The van der Waals surface area contributed by atoms with Crippen molar-refractivity contribution in [2.75, 3.05) is 13.1 Å². The van der Waals surface area contributed by atoms with Crippen LogP contribution in [0.3, 0.4) is 0 Å². The number of piperidine rings is 1. The van der Waals surface area contributed by atoms with E-state index in [-0.39, 0.29) is 17.9 Å². The van der Waals surface area contributed by atoms with Crippen LogP contribution in [0.5, 0.6) is 5.88 Å². The van der Waals surface area contributed by atoms with Crippen molar-refractivity contribution in [1.29, 1.82) is 0 Å². The fourth-order valence-corrected chi connectivity index (χ4v) is 4.04. The topological polar surface area (TPSA) is 71.1 Å². The molecule has 0 aromatic carbocycles. The molecule has 6 nitrogen and oxygen atoms in total. The number of imidazole rings is 1. The van der Waals surface area contributed by atoms with Gasteiger partial charge in [-0.2, -0.15) is 0 Å². The molecule has 1 saturated heterocycles. The number of nitrogens with one attached hydrogen (secondary N) is 1. The minimum absolute atomic E-state index is 0.0817. The van der Waals surface area contributed by atoms with E-state index >= 15 is 0 Å². The van der Waals surface area contributed by atoms with E-state index in [1.54, 1.807) is 0 Å². The zero-order valence-corrected chi connectivity index (χ0v) is 15.5. The quantitative estimate of drug-likeness (QED) is 0.920. The number of aromatic amines is 1. The molecule has 4 rings (SSSR count). The zero-order chi connectivity index (χ0) is 18.1.